The number of rotatable bonds is 4. The predicted octanol–water partition coefficient (Wildman–Crippen LogP) is 1.70. The minimum absolute atomic E-state index is 0.123. The van der Waals surface area contributed by atoms with Gasteiger partial charge in [0.15, 0.2) is 0 Å². The van der Waals surface area contributed by atoms with Crippen LogP contribution in [0.25, 0.3) is 22.1 Å². The molecule has 24 heavy (non-hydrogen) atoms. The molecule has 4 N–H and O–H groups in total. The monoisotopic (exact) mass is 321 g/mol. The standard InChI is InChI=1S/C17H15N5O2/c23-16(11-2-4-12-14(8-11)20-9-19-12)18-6-5-10-1-3-13-15(7-10)22-17(24)21-13/h1-4,7-9H,5-6H2,(H,18,23)(H,19,20)(H2,21,22,24). The molecule has 7 nitrogen and oxygen atoms in total. The lowest BCUT2D eigenvalue weighted by atomic mass is 10.1. The van der Waals surface area contributed by atoms with E-state index in [1.54, 1.807) is 18.5 Å². The fraction of sp³-hybridized carbons (Fsp3) is 0.118. The molecule has 0 unspecified atom stereocenters. The zero-order valence-corrected chi connectivity index (χ0v) is 12.7. The van der Waals surface area contributed by atoms with Gasteiger partial charge in [-0.3, -0.25) is 4.79 Å². The van der Waals surface area contributed by atoms with Gasteiger partial charge in [0.1, 0.15) is 0 Å². The number of carbonyl (C=O) groups is 1. The molecular weight excluding hydrogens is 306 g/mol. The van der Waals surface area contributed by atoms with E-state index in [0.29, 0.717) is 18.5 Å². The molecule has 7 heteroatoms. The Balaban J connectivity index is 1.41. The summed E-state index contributed by atoms with van der Waals surface area (Å²) in [4.78, 5) is 36.0. The highest BCUT2D eigenvalue weighted by Crippen LogP contribution is 2.12. The Labute approximate surface area is 136 Å². The number of nitrogens with one attached hydrogen (secondary N) is 4. The molecule has 0 spiro atoms. The summed E-state index contributed by atoms with van der Waals surface area (Å²) in [5.41, 5.74) is 4.64. The largest absolute Gasteiger partial charge is 0.352 e. The maximum absolute atomic E-state index is 12.2. The molecule has 2 heterocycles. The molecule has 0 saturated carbocycles. The van der Waals surface area contributed by atoms with Crippen molar-refractivity contribution < 1.29 is 4.79 Å². The average Bonchev–Trinajstić information content (AvgIpc) is 3.18. The molecule has 0 aliphatic heterocycles. The number of imidazole rings is 2. The van der Waals surface area contributed by atoms with Crippen LogP contribution in [0.2, 0.25) is 0 Å². The summed E-state index contributed by atoms with van der Waals surface area (Å²) in [6.07, 6.45) is 2.29. The van der Waals surface area contributed by atoms with Crippen LogP contribution in [0.1, 0.15) is 15.9 Å². The van der Waals surface area contributed by atoms with E-state index in [9.17, 15) is 9.59 Å². The lowest BCUT2D eigenvalue weighted by Gasteiger charge is -2.06. The van der Waals surface area contributed by atoms with Crippen molar-refractivity contribution >= 4 is 28.0 Å². The van der Waals surface area contributed by atoms with Crippen molar-refractivity contribution in [2.45, 2.75) is 6.42 Å². The van der Waals surface area contributed by atoms with Crippen molar-refractivity contribution in [1.82, 2.24) is 25.3 Å². The molecule has 2 aromatic heterocycles. The third kappa shape index (κ3) is 2.67. The number of nitrogens with zero attached hydrogens (tertiary/aromatic N) is 1. The first-order valence-electron chi connectivity index (χ1n) is 7.61. The number of H-pyrrole nitrogens is 3. The zero-order chi connectivity index (χ0) is 16.5. The lowest BCUT2D eigenvalue weighted by Crippen LogP contribution is -2.25. The smallest absolute Gasteiger partial charge is 0.323 e. The quantitative estimate of drug-likeness (QED) is 0.459. The van der Waals surface area contributed by atoms with E-state index >= 15 is 0 Å². The molecule has 120 valence electrons. The lowest BCUT2D eigenvalue weighted by molar-refractivity contribution is 0.0954. The molecule has 0 atom stereocenters. The van der Waals surface area contributed by atoms with Gasteiger partial charge in [-0.2, -0.15) is 0 Å². The maximum Gasteiger partial charge on any atom is 0.323 e. The normalized spacial score (nSPS) is 11.2. The number of amides is 1. The highest BCUT2D eigenvalue weighted by atomic mass is 16.1. The molecule has 0 fully saturated rings. The van der Waals surface area contributed by atoms with Gasteiger partial charge in [0, 0.05) is 12.1 Å². The summed E-state index contributed by atoms with van der Waals surface area (Å²) in [5, 5.41) is 2.90. The van der Waals surface area contributed by atoms with Crippen LogP contribution >= 0.6 is 0 Å². The Kier molecular flexibility index (Phi) is 3.38. The first kappa shape index (κ1) is 14.3. The van der Waals surface area contributed by atoms with Gasteiger partial charge in [-0.25, -0.2) is 9.78 Å². The summed E-state index contributed by atoms with van der Waals surface area (Å²) in [5.74, 6) is -0.123. The number of benzene rings is 2. The van der Waals surface area contributed by atoms with Gasteiger partial charge in [-0.1, -0.05) is 6.07 Å². The number of aromatic amines is 3. The Bertz CT molecular complexity index is 1090. The van der Waals surface area contributed by atoms with E-state index in [1.807, 2.05) is 24.3 Å². The second-order valence-corrected chi connectivity index (χ2v) is 5.60. The minimum Gasteiger partial charge on any atom is -0.352 e. The van der Waals surface area contributed by atoms with Crippen molar-refractivity contribution in [1.29, 1.82) is 0 Å². The summed E-state index contributed by atoms with van der Waals surface area (Å²) < 4.78 is 0. The van der Waals surface area contributed by atoms with Crippen molar-refractivity contribution in [3.8, 4) is 0 Å². The van der Waals surface area contributed by atoms with Crippen LogP contribution in [-0.2, 0) is 6.42 Å². The van der Waals surface area contributed by atoms with E-state index in [2.05, 4.69) is 25.3 Å². The summed E-state index contributed by atoms with van der Waals surface area (Å²) in [6.45, 7) is 0.514. The van der Waals surface area contributed by atoms with Crippen molar-refractivity contribution in [3.05, 3.63) is 64.3 Å². The minimum atomic E-state index is -0.218. The molecule has 0 bridgehead atoms. The SMILES string of the molecule is O=C(NCCc1ccc2[nH]c(=O)[nH]c2c1)c1ccc2nc[nH]c2c1. The number of aromatic nitrogens is 4. The van der Waals surface area contributed by atoms with Gasteiger partial charge in [-0.15, -0.1) is 0 Å². The van der Waals surface area contributed by atoms with Gasteiger partial charge >= 0.3 is 5.69 Å². The second-order valence-electron chi connectivity index (χ2n) is 5.60. The van der Waals surface area contributed by atoms with Gasteiger partial charge < -0.3 is 20.3 Å². The summed E-state index contributed by atoms with van der Waals surface area (Å²) in [6, 6.07) is 11.1. The van der Waals surface area contributed by atoms with Crippen LogP contribution in [0, 0.1) is 0 Å². The molecule has 0 aliphatic carbocycles. The number of hydrogen-bond donors (Lipinski definition) is 4. The number of carbonyl (C=O) groups excluding carboxylic acids is 1. The maximum atomic E-state index is 12.2. The van der Waals surface area contributed by atoms with E-state index in [-0.39, 0.29) is 11.6 Å². The fourth-order valence-electron chi connectivity index (χ4n) is 2.73. The first-order chi connectivity index (χ1) is 11.7. The molecule has 0 saturated heterocycles. The number of fused-ring (bicyclic) bond motifs is 2. The summed E-state index contributed by atoms with van der Waals surface area (Å²) in [7, 11) is 0. The van der Waals surface area contributed by atoms with E-state index in [4.69, 9.17) is 0 Å². The third-order valence-corrected chi connectivity index (χ3v) is 3.96. The van der Waals surface area contributed by atoms with E-state index in [0.717, 1.165) is 27.6 Å². The highest BCUT2D eigenvalue weighted by Gasteiger charge is 2.07. The van der Waals surface area contributed by atoms with Crippen LogP contribution in [0.15, 0.2) is 47.5 Å². The van der Waals surface area contributed by atoms with Crippen molar-refractivity contribution in [3.63, 3.8) is 0 Å². The Morgan fingerprint density at radius 3 is 2.83 bits per heavy atom. The molecule has 0 aliphatic rings. The third-order valence-electron chi connectivity index (χ3n) is 3.96. The van der Waals surface area contributed by atoms with Crippen molar-refractivity contribution in [2.75, 3.05) is 6.54 Å². The number of hydrogen-bond acceptors (Lipinski definition) is 3. The molecule has 4 aromatic rings. The second kappa shape index (κ2) is 5.69. The fourth-order valence-corrected chi connectivity index (χ4v) is 2.73. The van der Waals surface area contributed by atoms with Crippen LogP contribution < -0.4 is 11.0 Å². The molecule has 1 amide bonds. The topological polar surface area (TPSA) is 106 Å². The zero-order valence-electron chi connectivity index (χ0n) is 12.7. The molecule has 0 radical (unpaired) electrons. The first-order valence-corrected chi connectivity index (χ1v) is 7.61. The molecule has 4 rings (SSSR count). The van der Waals surface area contributed by atoms with Gasteiger partial charge in [0.2, 0.25) is 0 Å². The van der Waals surface area contributed by atoms with Gasteiger partial charge in [-0.05, 0) is 42.3 Å². The molecular formula is C17H15N5O2. The van der Waals surface area contributed by atoms with Gasteiger partial charge in [0.05, 0.1) is 28.4 Å². The Morgan fingerprint density at radius 2 is 1.92 bits per heavy atom. The molecule has 2 aromatic carbocycles. The average molecular weight is 321 g/mol. The van der Waals surface area contributed by atoms with Gasteiger partial charge in [0.25, 0.3) is 5.91 Å². The van der Waals surface area contributed by atoms with Crippen LogP contribution in [0.4, 0.5) is 0 Å². The van der Waals surface area contributed by atoms with E-state index in [1.165, 1.54) is 0 Å². The highest BCUT2D eigenvalue weighted by molar-refractivity contribution is 5.97. The van der Waals surface area contributed by atoms with Crippen molar-refractivity contribution in [2.24, 2.45) is 0 Å². The Morgan fingerprint density at radius 1 is 1.04 bits per heavy atom. The predicted molar refractivity (Wildman–Crippen MR) is 91.1 cm³/mol. The van der Waals surface area contributed by atoms with E-state index < -0.39 is 0 Å². The summed E-state index contributed by atoms with van der Waals surface area (Å²) >= 11 is 0. The Hall–Kier alpha value is -3.35. The van der Waals surface area contributed by atoms with Crippen LogP contribution in [0.5, 0.6) is 0 Å². The van der Waals surface area contributed by atoms with Crippen LogP contribution in [0.3, 0.4) is 0 Å². The van der Waals surface area contributed by atoms with Crippen LogP contribution in [-0.4, -0.2) is 32.4 Å².